The number of pyridine rings is 1. The van der Waals surface area contributed by atoms with Gasteiger partial charge in [0.05, 0.1) is 36.0 Å². The Kier molecular flexibility index (Phi) is 5.60. The number of nitrogens with zero attached hydrogens (tertiary/aromatic N) is 2. The van der Waals surface area contributed by atoms with E-state index in [1.165, 1.54) is 5.56 Å². The second-order valence-corrected chi connectivity index (χ2v) is 7.41. The molecule has 4 rings (SSSR count). The van der Waals surface area contributed by atoms with E-state index in [-0.39, 0.29) is 18.6 Å². The van der Waals surface area contributed by atoms with Gasteiger partial charge in [0.15, 0.2) is 0 Å². The minimum absolute atomic E-state index is 0.0261. The zero-order valence-corrected chi connectivity index (χ0v) is 16.9. The molecule has 0 saturated carbocycles. The number of para-hydroxylation sites is 1. The van der Waals surface area contributed by atoms with E-state index in [2.05, 4.69) is 17.0 Å². The molecule has 150 valence electrons. The Hall–Kier alpha value is -2.76. The summed E-state index contributed by atoms with van der Waals surface area (Å²) in [5, 5.41) is 11.1. The second-order valence-electron chi connectivity index (χ2n) is 7.41. The Morgan fingerprint density at radius 3 is 2.76 bits per heavy atom. The van der Waals surface area contributed by atoms with Crippen molar-refractivity contribution in [1.29, 1.82) is 0 Å². The standard InChI is InChI=1S/C24H26N2O3/c1-3-29-24(28)23-16(2)18-9-6-7-11-20(18)25-21(23)14-26-13-12-17-8-4-5-10-19(17)22(26)15-27/h4-11,22,27H,3,12-15H2,1-2H3/t22-/m0/s1. The Bertz CT molecular complexity index is 1050. The van der Waals surface area contributed by atoms with Crippen LogP contribution in [0.2, 0.25) is 0 Å². The van der Waals surface area contributed by atoms with Gasteiger partial charge in [-0.25, -0.2) is 4.79 Å². The van der Waals surface area contributed by atoms with Crippen molar-refractivity contribution in [3.63, 3.8) is 0 Å². The molecule has 0 spiro atoms. The minimum atomic E-state index is -0.337. The molecule has 0 fully saturated rings. The van der Waals surface area contributed by atoms with Gasteiger partial charge in [0.25, 0.3) is 0 Å². The molecule has 3 aromatic rings. The van der Waals surface area contributed by atoms with Gasteiger partial charge >= 0.3 is 5.97 Å². The number of esters is 1. The van der Waals surface area contributed by atoms with Crippen molar-refractivity contribution < 1.29 is 14.6 Å². The molecular weight excluding hydrogens is 364 g/mol. The quantitative estimate of drug-likeness (QED) is 0.671. The van der Waals surface area contributed by atoms with Crippen LogP contribution in [0.25, 0.3) is 10.9 Å². The monoisotopic (exact) mass is 390 g/mol. The number of ether oxygens (including phenoxy) is 1. The predicted octanol–water partition coefficient (Wildman–Crippen LogP) is 3.81. The smallest absolute Gasteiger partial charge is 0.340 e. The molecule has 1 N–H and O–H groups in total. The van der Waals surface area contributed by atoms with Gasteiger partial charge in [0, 0.05) is 18.5 Å². The number of aliphatic hydroxyl groups excluding tert-OH is 1. The summed E-state index contributed by atoms with van der Waals surface area (Å²) in [6, 6.07) is 16.0. The van der Waals surface area contributed by atoms with E-state index >= 15 is 0 Å². The fraction of sp³-hybridized carbons (Fsp3) is 0.333. The molecule has 0 saturated heterocycles. The predicted molar refractivity (Wildman–Crippen MR) is 113 cm³/mol. The van der Waals surface area contributed by atoms with Gasteiger partial charge < -0.3 is 9.84 Å². The SMILES string of the molecule is CCOC(=O)c1c(CN2CCc3ccccc3[C@@H]2CO)nc2ccccc2c1C. The summed E-state index contributed by atoms with van der Waals surface area (Å²) in [5.41, 5.74) is 5.43. The summed E-state index contributed by atoms with van der Waals surface area (Å²) >= 11 is 0. The molecule has 2 aromatic carbocycles. The lowest BCUT2D eigenvalue weighted by Gasteiger charge is -2.36. The van der Waals surface area contributed by atoms with Crippen molar-refractivity contribution in [1.82, 2.24) is 9.88 Å². The van der Waals surface area contributed by atoms with Crippen LogP contribution in [-0.4, -0.2) is 40.7 Å². The number of benzene rings is 2. The molecule has 1 aliphatic rings. The number of fused-ring (bicyclic) bond motifs is 2. The second kappa shape index (κ2) is 8.31. The number of aryl methyl sites for hydroxylation is 1. The molecule has 0 radical (unpaired) electrons. The van der Waals surface area contributed by atoms with Gasteiger partial charge in [0.1, 0.15) is 0 Å². The number of carbonyl (C=O) groups is 1. The molecule has 0 bridgehead atoms. The third-order valence-corrected chi connectivity index (χ3v) is 5.76. The first-order valence-electron chi connectivity index (χ1n) is 10.1. The third kappa shape index (κ3) is 3.63. The topological polar surface area (TPSA) is 62.7 Å². The van der Waals surface area contributed by atoms with Gasteiger partial charge in [0.2, 0.25) is 0 Å². The molecule has 29 heavy (non-hydrogen) atoms. The van der Waals surface area contributed by atoms with Gasteiger partial charge in [-0.2, -0.15) is 0 Å². The number of aliphatic hydroxyl groups is 1. The summed E-state index contributed by atoms with van der Waals surface area (Å²) in [6.07, 6.45) is 0.911. The van der Waals surface area contributed by atoms with Crippen molar-refractivity contribution in [2.45, 2.75) is 32.9 Å². The first-order valence-corrected chi connectivity index (χ1v) is 10.1. The van der Waals surface area contributed by atoms with Crippen molar-refractivity contribution in [3.05, 3.63) is 76.5 Å². The van der Waals surface area contributed by atoms with Crippen LogP contribution in [0.4, 0.5) is 0 Å². The number of hydrogen-bond donors (Lipinski definition) is 1. The van der Waals surface area contributed by atoms with E-state index in [4.69, 9.17) is 9.72 Å². The fourth-order valence-corrected chi connectivity index (χ4v) is 4.33. The van der Waals surface area contributed by atoms with E-state index in [1.807, 2.05) is 50.2 Å². The molecule has 5 nitrogen and oxygen atoms in total. The van der Waals surface area contributed by atoms with Crippen LogP contribution in [0.1, 0.15) is 45.7 Å². The molecule has 5 heteroatoms. The molecule has 1 aromatic heterocycles. The lowest BCUT2D eigenvalue weighted by atomic mass is 9.92. The van der Waals surface area contributed by atoms with Crippen molar-refractivity contribution in [3.8, 4) is 0 Å². The Labute approximate surface area is 170 Å². The zero-order chi connectivity index (χ0) is 20.4. The van der Waals surface area contributed by atoms with Crippen LogP contribution in [0.3, 0.4) is 0 Å². The van der Waals surface area contributed by atoms with Crippen molar-refractivity contribution in [2.24, 2.45) is 0 Å². The van der Waals surface area contributed by atoms with Crippen LogP contribution >= 0.6 is 0 Å². The molecule has 0 amide bonds. The average molecular weight is 390 g/mol. The van der Waals surface area contributed by atoms with Gasteiger partial charge in [-0.1, -0.05) is 42.5 Å². The Morgan fingerprint density at radius 1 is 1.21 bits per heavy atom. The number of aromatic nitrogens is 1. The normalized spacial score (nSPS) is 16.6. The van der Waals surface area contributed by atoms with Gasteiger partial charge in [-0.15, -0.1) is 0 Å². The van der Waals surface area contributed by atoms with E-state index in [1.54, 1.807) is 0 Å². The molecule has 0 unspecified atom stereocenters. The summed E-state index contributed by atoms with van der Waals surface area (Å²) in [7, 11) is 0. The first-order chi connectivity index (χ1) is 14.1. The van der Waals surface area contributed by atoms with Gasteiger partial charge in [-0.3, -0.25) is 9.88 Å². The fourth-order valence-electron chi connectivity index (χ4n) is 4.33. The molecule has 1 aliphatic heterocycles. The van der Waals surface area contributed by atoms with Crippen molar-refractivity contribution in [2.75, 3.05) is 19.8 Å². The van der Waals surface area contributed by atoms with Crippen LogP contribution < -0.4 is 0 Å². The highest BCUT2D eigenvalue weighted by molar-refractivity contribution is 5.98. The van der Waals surface area contributed by atoms with Crippen LogP contribution in [0, 0.1) is 6.92 Å². The van der Waals surface area contributed by atoms with Crippen molar-refractivity contribution >= 4 is 16.9 Å². The van der Waals surface area contributed by atoms with E-state index in [9.17, 15) is 9.90 Å². The highest BCUT2D eigenvalue weighted by Crippen LogP contribution is 2.32. The highest BCUT2D eigenvalue weighted by atomic mass is 16.5. The van der Waals surface area contributed by atoms with E-state index in [0.717, 1.165) is 35.0 Å². The summed E-state index contributed by atoms with van der Waals surface area (Å²) in [4.78, 5) is 19.8. The molecular formula is C24H26N2O3. The maximum absolute atomic E-state index is 12.8. The maximum Gasteiger partial charge on any atom is 0.340 e. The maximum atomic E-state index is 12.8. The van der Waals surface area contributed by atoms with Crippen LogP contribution in [0.15, 0.2) is 48.5 Å². The highest BCUT2D eigenvalue weighted by Gasteiger charge is 2.29. The Morgan fingerprint density at radius 2 is 1.97 bits per heavy atom. The largest absolute Gasteiger partial charge is 0.462 e. The van der Waals surface area contributed by atoms with Gasteiger partial charge in [-0.05, 0) is 43.0 Å². The number of hydrogen-bond acceptors (Lipinski definition) is 5. The van der Waals surface area contributed by atoms with Crippen LogP contribution in [-0.2, 0) is 17.7 Å². The molecule has 2 heterocycles. The minimum Gasteiger partial charge on any atom is -0.462 e. The lowest BCUT2D eigenvalue weighted by molar-refractivity contribution is 0.0520. The third-order valence-electron chi connectivity index (χ3n) is 5.76. The molecule has 0 aliphatic carbocycles. The number of rotatable bonds is 5. The summed E-state index contributed by atoms with van der Waals surface area (Å²) < 4.78 is 5.35. The summed E-state index contributed by atoms with van der Waals surface area (Å²) in [6.45, 7) is 5.40. The average Bonchev–Trinajstić information content (AvgIpc) is 2.74. The van der Waals surface area contributed by atoms with E-state index in [0.29, 0.717) is 24.4 Å². The zero-order valence-electron chi connectivity index (χ0n) is 16.9. The Balaban J connectivity index is 1.77. The number of carbonyl (C=O) groups excluding carboxylic acids is 1. The summed E-state index contributed by atoms with van der Waals surface area (Å²) in [5.74, 6) is -0.337. The first kappa shape index (κ1) is 19.6. The van der Waals surface area contributed by atoms with E-state index < -0.39 is 0 Å². The van der Waals surface area contributed by atoms with Crippen LogP contribution in [0.5, 0.6) is 0 Å². The molecule has 1 atom stereocenters. The lowest BCUT2D eigenvalue weighted by Crippen LogP contribution is -2.37.